The van der Waals surface area contributed by atoms with Gasteiger partial charge in [0, 0.05) is 6.42 Å². The number of benzene rings is 1. The number of Topliss-reactive ketones (excluding diaryl/α,β-unsaturated/α-hetero) is 1. The molecule has 1 atom stereocenters. The molecule has 0 spiro atoms. The third-order valence-corrected chi connectivity index (χ3v) is 2.49. The summed E-state index contributed by atoms with van der Waals surface area (Å²) in [4.78, 5) is 11.6. The van der Waals surface area contributed by atoms with Gasteiger partial charge in [0.05, 0.1) is 11.7 Å². The molecular weight excluding hydrogens is 192 g/mol. The summed E-state index contributed by atoms with van der Waals surface area (Å²) >= 11 is 0. The third-order valence-electron chi connectivity index (χ3n) is 2.49. The van der Waals surface area contributed by atoms with Crippen LogP contribution in [0.4, 0.5) is 0 Å². The normalized spacial score (nSPS) is 16.3. The summed E-state index contributed by atoms with van der Waals surface area (Å²) < 4.78 is 5.41. The van der Waals surface area contributed by atoms with Crippen LogP contribution in [0.25, 0.3) is 0 Å². The highest BCUT2D eigenvalue weighted by Crippen LogP contribution is 2.30. The van der Waals surface area contributed by atoms with Crippen LogP contribution in [0.3, 0.4) is 0 Å². The van der Waals surface area contributed by atoms with E-state index in [1.54, 1.807) is 13.0 Å². The molecule has 0 saturated heterocycles. The largest absolute Gasteiger partial charge is 0.490 e. The SMILES string of the molecule is CC(O)COc1cccc2c1C(=O)CC2. The van der Waals surface area contributed by atoms with Crippen LogP contribution in [0.1, 0.15) is 29.3 Å². The average Bonchev–Trinajstić information content (AvgIpc) is 2.58. The second-order valence-electron chi connectivity index (χ2n) is 3.87. The van der Waals surface area contributed by atoms with Gasteiger partial charge >= 0.3 is 0 Å². The number of aryl methyl sites for hydroxylation is 1. The van der Waals surface area contributed by atoms with E-state index < -0.39 is 6.10 Å². The number of ketones is 1. The second kappa shape index (κ2) is 4.03. The van der Waals surface area contributed by atoms with Crippen LogP contribution in [0, 0.1) is 0 Å². The summed E-state index contributed by atoms with van der Waals surface area (Å²) in [5, 5.41) is 9.12. The topological polar surface area (TPSA) is 46.5 Å². The summed E-state index contributed by atoms with van der Waals surface area (Å²) in [5.41, 5.74) is 1.77. The fraction of sp³-hybridized carbons (Fsp3) is 0.417. The van der Waals surface area contributed by atoms with Crippen molar-refractivity contribution < 1.29 is 14.6 Å². The predicted molar refractivity (Wildman–Crippen MR) is 56.3 cm³/mol. The Balaban J connectivity index is 2.25. The highest BCUT2D eigenvalue weighted by atomic mass is 16.5. The minimum atomic E-state index is -0.516. The van der Waals surface area contributed by atoms with Gasteiger partial charge in [-0.1, -0.05) is 12.1 Å². The van der Waals surface area contributed by atoms with Gasteiger partial charge in [0.15, 0.2) is 5.78 Å². The van der Waals surface area contributed by atoms with Crippen LogP contribution in [0.15, 0.2) is 18.2 Å². The van der Waals surface area contributed by atoms with Gasteiger partial charge in [-0.25, -0.2) is 0 Å². The minimum Gasteiger partial charge on any atom is -0.490 e. The van der Waals surface area contributed by atoms with Crippen LogP contribution >= 0.6 is 0 Å². The smallest absolute Gasteiger partial charge is 0.167 e. The molecule has 0 heterocycles. The highest BCUT2D eigenvalue weighted by molar-refractivity contribution is 6.02. The first kappa shape index (κ1) is 10.2. The number of carbonyl (C=O) groups excluding carboxylic acids is 1. The van der Waals surface area contributed by atoms with Crippen LogP contribution in [-0.4, -0.2) is 23.6 Å². The van der Waals surface area contributed by atoms with Gasteiger partial charge in [-0.3, -0.25) is 4.79 Å². The maximum Gasteiger partial charge on any atom is 0.167 e. The molecule has 2 rings (SSSR count). The number of fused-ring (bicyclic) bond motifs is 1. The van der Waals surface area contributed by atoms with Crippen LogP contribution < -0.4 is 4.74 Å². The van der Waals surface area contributed by atoms with Gasteiger partial charge in [0.2, 0.25) is 0 Å². The molecule has 0 bridgehead atoms. The molecule has 1 aliphatic rings. The van der Waals surface area contributed by atoms with E-state index in [1.165, 1.54) is 0 Å². The Morgan fingerprint density at radius 2 is 2.27 bits per heavy atom. The fourth-order valence-electron chi connectivity index (χ4n) is 1.81. The summed E-state index contributed by atoms with van der Waals surface area (Å²) in [5.74, 6) is 0.752. The lowest BCUT2D eigenvalue weighted by molar-refractivity contribution is 0.0979. The van der Waals surface area contributed by atoms with Crippen molar-refractivity contribution >= 4 is 5.78 Å². The van der Waals surface area contributed by atoms with Gasteiger partial charge in [-0.2, -0.15) is 0 Å². The van der Waals surface area contributed by atoms with E-state index >= 15 is 0 Å². The summed E-state index contributed by atoms with van der Waals surface area (Å²) in [7, 11) is 0. The van der Waals surface area contributed by atoms with Gasteiger partial charge in [-0.05, 0) is 25.0 Å². The fourth-order valence-corrected chi connectivity index (χ4v) is 1.81. The second-order valence-corrected chi connectivity index (χ2v) is 3.87. The van der Waals surface area contributed by atoms with Crippen molar-refractivity contribution in [3.05, 3.63) is 29.3 Å². The molecule has 0 aliphatic heterocycles. The number of aliphatic hydroxyl groups excluding tert-OH is 1. The lowest BCUT2D eigenvalue weighted by Gasteiger charge is -2.11. The van der Waals surface area contributed by atoms with Crippen molar-refractivity contribution in [2.75, 3.05) is 6.61 Å². The Labute approximate surface area is 88.7 Å². The Hall–Kier alpha value is -1.35. The molecule has 3 nitrogen and oxygen atoms in total. The van der Waals surface area contributed by atoms with E-state index in [0.29, 0.717) is 17.7 Å². The zero-order chi connectivity index (χ0) is 10.8. The minimum absolute atomic E-state index is 0.145. The summed E-state index contributed by atoms with van der Waals surface area (Å²) in [6.07, 6.45) is 0.863. The first-order valence-corrected chi connectivity index (χ1v) is 5.14. The maximum absolute atomic E-state index is 11.6. The standard InChI is InChI=1S/C12H14O3/c1-8(13)7-15-11-4-2-3-9-5-6-10(14)12(9)11/h2-4,8,13H,5-7H2,1H3. The lowest BCUT2D eigenvalue weighted by atomic mass is 10.1. The van der Waals surface area contributed by atoms with E-state index in [2.05, 4.69) is 0 Å². The number of aliphatic hydroxyl groups is 1. The molecule has 1 unspecified atom stereocenters. The molecule has 0 fully saturated rings. The quantitative estimate of drug-likeness (QED) is 0.816. The molecule has 15 heavy (non-hydrogen) atoms. The van der Waals surface area contributed by atoms with Crippen molar-refractivity contribution in [1.29, 1.82) is 0 Å². The molecule has 80 valence electrons. The highest BCUT2D eigenvalue weighted by Gasteiger charge is 2.23. The zero-order valence-electron chi connectivity index (χ0n) is 8.69. The molecule has 0 radical (unpaired) electrons. The number of hydrogen-bond donors (Lipinski definition) is 1. The van der Waals surface area contributed by atoms with Gasteiger partial charge < -0.3 is 9.84 Å². The van der Waals surface area contributed by atoms with E-state index in [4.69, 9.17) is 9.84 Å². The van der Waals surface area contributed by atoms with Crippen molar-refractivity contribution in [1.82, 2.24) is 0 Å². The first-order chi connectivity index (χ1) is 7.18. The molecule has 1 N–H and O–H groups in total. The molecule has 0 aromatic heterocycles. The maximum atomic E-state index is 11.6. The summed E-state index contributed by atoms with van der Waals surface area (Å²) in [6.45, 7) is 1.88. The van der Waals surface area contributed by atoms with E-state index in [9.17, 15) is 4.79 Å². The Morgan fingerprint density at radius 3 is 3.00 bits per heavy atom. The monoisotopic (exact) mass is 206 g/mol. The molecule has 1 aliphatic carbocycles. The van der Waals surface area contributed by atoms with Crippen molar-refractivity contribution in [3.8, 4) is 5.75 Å². The molecule has 3 heteroatoms. The Morgan fingerprint density at radius 1 is 1.47 bits per heavy atom. The van der Waals surface area contributed by atoms with E-state index in [-0.39, 0.29) is 12.4 Å². The van der Waals surface area contributed by atoms with Crippen LogP contribution in [0.2, 0.25) is 0 Å². The number of rotatable bonds is 3. The van der Waals surface area contributed by atoms with Crippen molar-refractivity contribution in [2.24, 2.45) is 0 Å². The predicted octanol–water partition coefficient (Wildman–Crippen LogP) is 1.58. The molecular formula is C12H14O3. The third kappa shape index (κ3) is 2.02. The average molecular weight is 206 g/mol. The molecule has 1 aromatic carbocycles. The van der Waals surface area contributed by atoms with Gasteiger partial charge in [0.1, 0.15) is 12.4 Å². The number of carbonyl (C=O) groups is 1. The van der Waals surface area contributed by atoms with Crippen molar-refractivity contribution in [2.45, 2.75) is 25.9 Å². The van der Waals surface area contributed by atoms with Crippen molar-refractivity contribution in [3.63, 3.8) is 0 Å². The van der Waals surface area contributed by atoms with Crippen LogP contribution in [-0.2, 0) is 6.42 Å². The Kier molecular flexibility index (Phi) is 2.73. The molecule has 0 saturated carbocycles. The van der Waals surface area contributed by atoms with E-state index in [1.807, 2.05) is 12.1 Å². The first-order valence-electron chi connectivity index (χ1n) is 5.14. The van der Waals surface area contributed by atoms with Gasteiger partial charge in [-0.15, -0.1) is 0 Å². The van der Waals surface area contributed by atoms with E-state index in [0.717, 1.165) is 12.0 Å². The van der Waals surface area contributed by atoms with Gasteiger partial charge in [0.25, 0.3) is 0 Å². The Bertz CT molecular complexity index is 382. The lowest BCUT2D eigenvalue weighted by Crippen LogP contribution is -2.14. The number of ether oxygens (including phenoxy) is 1. The zero-order valence-corrected chi connectivity index (χ0v) is 8.69. The molecule has 0 amide bonds. The summed E-state index contributed by atoms with van der Waals surface area (Å²) in [6, 6.07) is 5.62. The molecule has 1 aromatic rings. The van der Waals surface area contributed by atoms with Crippen LogP contribution in [0.5, 0.6) is 5.75 Å². The number of hydrogen-bond acceptors (Lipinski definition) is 3.